The molecule has 158 valence electrons. The lowest BCUT2D eigenvalue weighted by atomic mass is 9.88. The van der Waals surface area contributed by atoms with Gasteiger partial charge < -0.3 is 9.73 Å². The topological polar surface area (TPSA) is 85.3 Å². The van der Waals surface area contributed by atoms with Gasteiger partial charge in [0, 0.05) is 0 Å². The zero-order chi connectivity index (χ0) is 21.6. The molecule has 31 heavy (non-hydrogen) atoms. The highest BCUT2D eigenvalue weighted by atomic mass is 19.4. The average Bonchev–Trinajstić information content (AvgIpc) is 3.42. The van der Waals surface area contributed by atoms with Crippen LogP contribution in [0.25, 0.3) is 17.2 Å². The summed E-state index contributed by atoms with van der Waals surface area (Å²) >= 11 is 0. The van der Waals surface area contributed by atoms with Crippen molar-refractivity contribution in [2.24, 2.45) is 0 Å². The van der Waals surface area contributed by atoms with Gasteiger partial charge in [-0.15, -0.1) is 5.10 Å². The second-order valence-electron chi connectivity index (χ2n) is 7.27. The molecular formula is C21H16F3N5O2. The van der Waals surface area contributed by atoms with Gasteiger partial charge >= 0.3 is 6.18 Å². The van der Waals surface area contributed by atoms with Crippen molar-refractivity contribution in [1.82, 2.24) is 24.9 Å². The van der Waals surface area contributed by atoms with E-state index in [1.807, 2.05) is 24.3 Å². The molecule has 3 heterocycles. The van der Waals surface area contributed by atoms with Crippen LogP contribution in [0.5, 0.6) is 0 Å². The predicted octanol–water partition coefficient (Wildman–Crippen LogP) is 4.21. The normalized spacial score (nSPS) is 16.3. The van der Waals surface area contributed by atoms with Crippen molar-refractivity contribution in [3.05, 3.63) is 71.4 Å². The molecule has 0 saturated heterocycles. The number of hydrogen-bond donors (Lipinski definition) is 1. The summed E-state index contributed by atoms with van der Waals surface area (Å²) in [5.74, 6) is -1.21. The third kappa shape index (κ3) is 3.54. The van der Waals surface area contributed by atoms with E-state index in [0.29, 0.717) is 4.52 Å². The monoisotopic (exact) mass is 427 g/mol. The number of fused-ring (bicyclic) bond motifs is 2. The van der Waals surface area contributed by atoms with Crippen molar-refractivity contribution in [1.29, 1.82) is 0 Å². The number of hydrogen-bond acceptors (Lipinski definition) is 5. The first-order chi connectivity index (χ1) is 14.9. The molecule has 1 N–H and O–H groups in total. The number of benzene rings is 1. The molecule has 7 nitrogen and oxygen atoms in total. The Hall–Kier alpha value is -3.69. The van der Waals surface area contributed by atoms with Crippen LogP contribution in [0.3, 0.4) is 0 Å². The maximum Gasteiger partial charge on any atom is 0.433 e. The Morgan fingerprint density at radius 1 is 1.16 bits per heavy atom. The van der Waals surface area contributed by atoms with Gasteiger partial charge in [-0.1, -0.05) is 24.3 Å². The standard InChI is InChI=1S/C21H16F3N5O2/c22-21(23,24)17-11-15(16-9-4-10-31-16)26-20-27-18(28-29(17)20)19(30)25-14-8-3-6-12-5-1-2-7-13(12)14/h1-2,4-5,7,9-11,14H,3,6,8H2,(H,25,30)/t14-/m0/s1. The number of nitrogens with zero attached hydrogens (tertiary/aromatic N) is 4. The second-order valence-corrected chi connectivity index (χ2v) is 7.27. The Kier molecular flexibility index (Phi) is 4.49. The van der Waals surface area contributed by atoms with Gasteiger partial charge in [0.1, 0.15) is 5.69 Å². The molecule has 0 aliphatic heterocycles. The minimum atomic E-state index is -4.73. The summed E-state index contributed by atoms with van der Waals surface area (Å²) < 4.78 is 46.6. The van der Waals surface area contributed by atoms with Crippen molar-refractivity contribution < 1.29 is 22.4 Å². The highest BCUT2D eigenvalue weighted by molar-refractivity contribution is 5.91. The lowest BCUT2D eigenvalue weighted by Crippen LogP contribution is -2.31. The van der Waals surface area contributed by atoms with Gasteiger partial charge in [0.25, 0.3) is 11.7 Å². The first kappa shape index (κ1) is 19.3. The van der Waals surface area contributed by atoms with E-state index in [1.165, 1.54) is 12.3 Å². The van der Waals surface area contributed by atoms with Crippen LogP contribution < -0.4 is 5.32 Å². The maximum absolute atomic E-state index is 13.6. The summed E-state index contributed by atoms with van der Waals surface area (Å²) in [5, 5.41) is 6.65. The Bertz CT molecular complexity index is 1260. The number of aromatic nitrogens is 4. The fraction of sp³-hybridized carbons (Fsp3) is 0.238. The summed E-state index contributed by atoms with van der Waals surface area (Å²) in [4.78, 5) is 20.8. The molecule has 0 saturated carbocycles. The number of amides is 1. The van der Waals surface area contributed by atoms with Crippen molar-refractivity contribution in [2.75, 3.05) is 0 Å². The number of rotatable bonds is 3. The Labute approximate surface area is 173 Å². The smallest absolute Gasteiger partial charge is 0.433 e. The van der Waals surface area contributed by atoms with Gasteiger partial charge in [-0.2, -0.15) is 22.7 Å². The van der Waals surface area contributed by atoms with Gasteiger partial charge in [-0.05, 0) is 48.6 Å². The van der Waals surface area contributed by atoms with Crippen molar-refractivity contribution >= 4 is 11.7 Å². The quantitative estimate of drug-likeness (QED) is 0.529. The van der Waals surface area contributed by atoms with E-state index in [4.69, 9.17) is 4.42 Å². The molecule has 1 aromatic carbocycles. The third-order valence-electron chi connectivity index (χ3n) is 5.25. The number of nitrogens with one attached hydrogen (secondary N) is 1. The number of aryl methyl sites for hydroxylation is 1. The SMILES string of the molecule is O=C(N[C@H]1CCCc2ccccc21)c1nc2nc(-c3ccco3)cc(C(F)(F)F)n2n1. The summed E-state index contributed by atoms with van der Waals surface area (Å²) in [6.07, 6.45) is -0.854. The minimum absolute atomic E-state index is 0.0506. The third-order valence-corrected chi connectivity index (χ3v) is 5.25. The lowest BCUT2D eigenvalue weighted by Gasteiger charge is -2.25. The average molecular weight is 427 g/mol. The van der Waals surface area contributed by atoms with Crippen LogP contribution in [0.4, 0.5) is 13.2 Å². The van der Waals surface area contributed by atoms with E-state index >= 15 is 0 Å². The van der Waals surface area contributed by atoms with Gasteiger partial charge in [-0.25, -0.2) is 4.98 Å². The molecule has 10 heteroatoms. The number of furan rings is 1. The highest BCUT2D eigenvalue weighted by Crippen LogP contribution is 2.32. The van der Waals surface area contributed by atoms with Gasteiger partial charge in [-0.3, -0.25) is 4.79 Å². The van der Waals surface area contributed by atoms with Crippen LogP contribution in [-0.2, 0) is 12.6 Å². The van der Waals surface area contributed by atoms with Crippen molar-refractivity contribution in [3.63, 3.8) is 0 Å². The molecular weight excluding hydrogens is 411 g/mol. The number of carbonyl (C=O) groups excluding carboxylic acids is 1. The van der Waals surface area contributed by atoms with E-state index < -0.39 is 17.8 Å². The van der Waals surface area contributed by atoms with Gasteiger partial charge in [0.2, 0.25) is 5.82 Å². The minimum Gasteiger partial charge on any atom is -0.463 e. The molecule has 0 fully saturated rings. The van der Waals surface area contributed by atoms with Crippen LogP contribution in [-0.4, -0.2) is 25.5 Å². The van der Waals surface area contributed by atoms with Crippen molar-refractivity contribution in [2.45, 2.75) is 31.5 Å². The van der Waals surface area contributed by atoms with Gasteiger partial charge in [0.05, 0.1) is 12.3 Å². The molecule has 0 unspecified atom stereocenters. The lowest BCUT2D eigenvalue weighted by molar-refractivity contribution is -0.142. The molecule has 3 aromatic heterocycles. The summed E-state index contributed by atoms with van der Waals surface area (Å²) in [6, 6.07) is 11.4. The molecule has 0 bridgehead atoms. The molecule has 1 atom stereocenters. The summed E-state index contributed by atoms with van der Waals surface area (Å²) in [7, 11) is 0. The molecule has 1 amide bonds. The van der Waals surface area contributed by atoms with Crippen LogP contribution in [0.15, 0.2) is 53.1 Å². The van der Waals surface area contributed by atoms with E-state index in [2.05, 4.69) is 20.4 Å². The molecule has 1 aliphatic rings. The highest BCUT2D eigenvalue weighted by Gasteiger charge is 2.36. The molecule has 4 aromatic rings. The number of halogens is 3. The Morgan fingerprint density at radius 2 is 2.00 bits per heavy atom. The second kappa shape index (κ2) is 7.22. The first-order valence-electron chi connectivity index (χ1n) is 9.68. The Morgan fingerprint density at radius 3 is 2.77 bits per heavy atom. The molecule has 1 aliphatic carbocycles. The van der Waals surface area contributed by atoms with Crippen LogP contribution in [0.2, 0.25) is 0 Å². The molecule has 0 spiro atoms. The number of carbonyl (C=O) groups is 1. The first-order valence-corrected chi connectivity index (χ1v) is 9.68. The largest absolute Gasteiger partial charge is 0.463 e. The molecule has 0 radical (unpaired) electrons. The van der Waals surface area contributed by atoms with E-state index in [1.54, 1.807) is 6.07 Å². The fourth-order valence-electron chi connectivity index (χ4n) is 3.84. The fourth-order valence-corrected chi connectivity index (χ4v) is 3.84. The van der Waals surface area contributed by atoms with Crippen molar-refractivity contribution in [3.8, 4) is 11.5 Å². The summed E-state index contributed by atoms with van der Waals surface area (Å²) in [5.41, 5.74) is 0.995. The van der Waals surface area contributed by atoms with E-state index in [0.717, 1.165) is 36.5 Å². The van der Waals surface area contributed by atoms with Crippen LogP contribution >= 0.6 is 0 Å². The van der Waals surface area contributed by atoms with E-state index in [9.17, 15) is 18.0 Å². The Balaban J connectivity index is 1.52. The predicted molar refractivity (Wildman–Crippen MR) is 103 cm³/mol. The summed E-state index contributed by atoms with van der Waals surface area (Å²) in [6.45, 7) is 0. The zero-order valence-electron chi connectivity index (χ0n) is 16.1. The van der Waals surface area contributed by atoms with Gasteiger partial charge in [0.15, 0.2) is 11.5 Å². The van der Waals surface area contributed by atoms with Crippen LogP contribution in [0.1, 0.15) is 46.3 Å². The maximum atomic E-state index is 13.6. The van der Waals surface area contributed by atoms with E-state index in [-0.39, 0.29) is 29.1 Å². The zero-order valence-corrected chi connectivity index (χ0v) is 16.1. The van der Waals surface area contributed by atoms with Crippen LogP contribution in [0, 0.1) is 0 Å². The molecule has 5 rings (SSSR count). The number of alkyl halides is 3.